The van der Waals surface area contributed by atoms with Crippen molar-refractivity contribution < 1.29 is 15.1 Å². The van der Waals surface area contributed by atoms with Crippen LogP contribution in [-0.4, -0.2) is 27.0 Å². The van der Waals surface area contributed by atoms with Crippen LogP contribution in [0.3, 0.4) is 0 Å². The summed E-state index contributed by atoms with van der Waals surface area (Å²) in [5.41, 5.74) is -2.09. The van der Waals surface area contributed by atoms with Crippen molar-refractivity contribution >= 4 is 0 Å². The highest BCUT2D eigenvalue weighted by Crippen LogP contribution is 2.28. The van der Waals surface area contributed by atoms with E-state index in [0.29, 0.717) is 12.8 Å². The van der Waals surface area contributed by atoms with Crippen molar-refractivity contribution in [3.05, 3.63) is 10.1 Å². The Morgan fingerprint density at radius 1 is 1.55 bits per heavy atom. The lowest BCUT2D eigenvalue weighted by molar-refractivity contribution is -0.641. The van der Waals surface area contributed by atoms with Crippen LogP contribution in [0.4, 0.5) is 0 Å². The van der Waals surface area contributed by atoms with Crippen LogP contribution in [0, 0.1) is 10.1 Å². The molecule has 1 fully saturated rings. The number of nitrogens with zero attached hydrogens (tertiary/aromatic N) is 1. The highest BCUT2D eigenvalue weighted by atomic mass is 16.7. The van der Waals surface area contributed by atoms with Crippen LogP contribution in [0.5, 0.6) is 0 Å². The Bertz CT molecular complexity index is 172. The number of rotatable bonds is 1. The van der Waals surface area contributed by atoms with E-state index in [2.05, 4.69) is 0 Å². The van der Waals surface area contributed by atoms with Crippen LogP contribution in [-0.2, 0) is 0 Å². The quantitative estimate of drug-likeness (QED) is 0.319. The zero-order valence-electron chi connectivity index (χ0n) is 6.06. The average molecular weight is 161 g/mol. The van der Waals surface area contributed by atoms with Gasteiger partial charge >= 0.3 is 5.72 Å². The molecule has 64 valence electrons. The summed E-state index contributed by atoms with van der Waals surface area (Å²) in [7, 11) is 0. The van der Waals surface area contributed by atoms with E-state index in [1.54, 1.807) is 0 Å². The summed E-state index contributed by atoms with van der Waals surface area (Å²) < 4.78 is 0. The molecule has 2 unspecified atom stereocenters. The molecule has 0 aliphatic heterocycles. The summed E-state index contributed by atoms with van der Waals surface area (Å²) in [4.78, 5) is 9.49. The second kappa shape index (κ2) is 2.75. The van der Waals surface area contributed by atoms with Gasteiger partial charge in [-0.3, -0.25) is 10.1 Å². The number of hydrogen-bond acceptors (Lipinski definition) is 4. The number of aliphatic hydroxyl groups is 2. The molecule has 0 radical (unpaired) electrons. The minimum absolute atomic E-state index is 0.0567. The average Bonchev–Trinajstić information content (AvgIpc) is 1.95. The van der Waals surface area contributed by atoms with E-state index in [1.165, 1.54) is 0 Å². The van der Waals surface area contributed by atoms with Crippen molar-refractivity contribution in [2.45, 2.75) is 37.5 Å². The lowest BCUT2D eigenvalue weighted by atomic mass is 9.89. The number of nitro groups is 1. The Morgan fingerprint density at radius 3 is 2.55 bits per heavy atom. The van der Waals surface area contributed by atoms with Crippen molar-refractivity contribution in [3.63, 3.8) is 0 Å². The maximum atomic E-state index is 10.3. The van der Waals surface area contributed by atoms with Crippen molar-refractivity contribution in [3.8, 4) is 0 Å². The predicted molar refractivity (Wildman–Crippen MR) is 36.4 cm³/mol. The first kappa shape index (κ1) is 8.42. The number of aliphatic hydroxyl groups excluding tert-OH is 1. The molecule has 0 aromatic rings. The summed E-state index contributed by atoms with van der Waals surface area (Å²) in [6.07, 6.45) is 0.524. The van der Waals surface area contributed by atoms with E-state index >= 15 is 0 Å². The SMILES string of the molecule is O=[N+]([O-])C1(O)CCCCC1O. The van der Waals surface area contributed by atoms with Crippen LogP contribution in [0.1, 0.15) is 25.7 Å². The predicted octanol–water partition coefficient (Wildman–Crippen LogP) is -0.113. The molecule has 0 bridgehead atoms. The first-order valence-electron chi connectivity index (χ1n) is 3.62. The minimum atomic E-state index is -2.09. The first-order chi connectivity index (χ1) is 5.07. The summed E-state index contributed by atoms with van der Waals surface area (Å²) in [5.74, 6) is 0. The van der Waals surface area contributed by atoms with E-state index < -0.39 is 16.8 Å². The molecule has 1 aliphatic rings. The van der Waals surface area contributed by atoms with Gasteiger partial charge in [0.05, 0.1) is 4.92 Å². The molecule has 0 heterocycles. The second-order valence-corrected chi connectivity index (χ2v) is 2.90. The zero-order chi connectivity index (χ0) is 8.48. The van der Waals surface area contributed by atoms with Gasteiger partial charge in [-0.05, 0) is 12.8 Å². The van der Waals surface area contributed by atoms with E-state index in [4.69, 9.17) is 5.11 Å². The molecule has 2 atom stereocenters. The van der Waals surface area contributed by atoms with Crippen molar-refractivity contribution in [2.24, 2.45) is 0 Å². The van der Waals surface area contributed by atoms with Gasteiger partial charge in [0.1, 0.15) is 0 Å². The molecule has 2 N–H and O–H groups in total. The first-order valence-corrected chi connectivity index (χ1v) is 3.62. The van der Waals surface area contributed by atoms with Crippen LogP contribution in [0.25, 0.3) is 0 Å². The van der Waals surface area contributed by atoms with Gasteiger partial charge in [-0.1, -0.05) is 6.42 Å². The van der Waals surface area contributed by atoms with Crippen LogP contribution in [0.2, 0.25) is 0 Å². The van der Waals surface area contributed by atoms with Gasteiger partial charge in [-0.2, -0.15) is 0 Å². The molecule has 11 heavy (non-hydrogen) atoms. The van der Waals surface area contributed by atoms with Gasteiger partial charge in [-0.15, -0.1) is 0 Å². The fraction of sp³-hybridized carbons (Fsp3) is 1.00. The molecule has 5 heteroatoms. The summed E-state index contributed by atoms with van der Waals surface area (Å²) >= 11 is 0. The van der Waals surface area contributed by atoms with E-state index in [-0.39, 0.29) is 6.42 Å². The highest BCUT2D eigenvalue weighted by molar-refractivity contribution is 4.80. The fourth-order valence-corrected chi connectivity index (χ4v) is 1.33. The zero-order valence-corrected chi connectivity index (χ0v) is 6.06. The molecular weight excluding hydrogens is 150 g/mol. The van der Waals surface area contributed by atoms with Gasteiger partial charge in [0.25, 0.3) is 0 Å². The monoisotopic (exact) mass is 161 g/mol. The molecule has 0 aromatic heterocycles. The van der Waals surface area contributed by atoms with Crippen molar-refractivity contribution in [1.82, 2.24) is 0 Å². The van der Waals surface area contributed by atoms with Crippen LogP contribution >= 0.6 is 0 Å². The molecule has 0 amide bonds. The second-order valence-electron chi connectivity index (χ2n) is 2.90. The van der Waals surface area contributed by atoms with Gasteiger partial charge in [0.2, 0.25) is 0 Å². The van der Waals surface area contributed by atoms with Gasteiger partial charge in [-0.25, -0.2) is 0 Å². The fourth-order valence-electron chi connectivity index (χ4n) is 1.33. The minimum Gasteiger partial charge on any atom is -0.383 e. The van der Waals surface area contributed by atoms with Crippen LogP contribution in [0.15, 0.2) is 0 Å². The van der Waals surface area contributed by atoms with Gasteiger partial charge in [0, 0.05) is 6.42 Å². The Labute approximate surface area is 63.8 Å². The molecule has 0 saturated heterocycles. The Kier molecular flexibility index (Phi) is 2.10. The standard InChI is InChI=1S/C6H11NO4/c8-5-3-1-2-4-6(5,9)7(10)11/h5,8-9H,1-4H2. The molecule has 1 saturated carbocycles. The van der Waals surface area contributed by atoms with Gasteiger partial charge < -0.3 is 10.2 Å². The Hall–Kier alpha value is -0.680. The molecular formula is C6H11NO4. The topological polar surface area (TPSA) is 83.6 Å². The Balaban J connectivity index is 2.72. The highest BCUT2D eigenvalue weighted by Gasteiger charge is 2.49. The third kappa shape index (κ3) is 1.34. The summed E-state index contributed by atoms with van der Waals surface area (Å²) in [6.45, 7) is 0. The van der Waals surface area contributed by atoms with E-state index in [0.717, 1.165) is 6.42 Å². The normalized spacial score (nSPS) is 38.5. The molecule has 0 spiro atoms. The molecule has 1 aliphatic carbocycles. The smallest absolute Gasteiger partial charge is 0.348 e. The third-order valence-corrected chi connectivity index (χ3v) is 2.12. The lowest BCUT2D eigenvalue weighted by Gasteiger charge is -2.28. The van der Waals surface area contributed by atoms with Crippen LogP contribution < -0.4 is 0 Å². The van der Waals surface area contributed by atoms with E-state index in [9.17, 15) is 15.2 Å². The largest absolute Gasteiger partial charge is 0.383 e. The van der Waals surface area contributed by atoms with E-state index in [1.807, 2.05) is 0 Å². The maximum Gasteiger partial charge on any atom is 0.348 e. The number of hydrogen-bond donors (Lipinski definition) is 2. The van der Waals surface area contributed by atoms with Crippen molar-refractivity contribution in [2.75, 3.05) is 0 Å². The lowest BCUT2D eigenvalue weighted by Crippen LogP contribution is -2.51. The maximum absolute atomic E-state index is 10.3. The molecule has 1 rings (SSSR count). The van der Waals surface area contributed by atoms with Crippen molar-refractivity contribution in [1.29, 1.82) is 0 Å². The summed E-state index contributed by atoms with van der Waals surface area (Å²) in [6, 6.07) is 0. The summed E-state index contributed by atoms with van der Waals surface area (Å²) in [5, 5.41) is 28.7. The third-order valence-electron chi connectivity index (χ3n) is 2.12. The Morgan fingerprint density at radius 2 is 2.18 bits per heavy atom. The molecule has 0 aromatic carbocycles. The van der Waals surface area contributed by atoms with Gasteiger partial charge in [0.15, 0.2) is 6.10 Å². The molecule has 5 nitrogen and oxygen atoms in total.